The Kier molecular flexibility index (Phi) is 5.20. The second kappa shape index (κ2) is 6.45. The molecule has 0 aliphatic heterocycles. The van der Waals surface area contributed by atoms with Gasteiger partial charge in [-0.3, -0.25) is 0 Å². The Morgan fingerprint density at radius 3 is 2.32 bits per heavy atom. The van der Waals surface area contributed by atoms with Crippen molar-refractivity contribution in [2.75, 3.05) is 0 Å². The predicted molar refractivity (Wildman–Crippen MR) is 63.0 cm³/mol. The van der Waals surface area contributed by atoms with Gasteiger partial charge in [0.25, 0.3) is 0 Å². The van der Waals surface area contributed by atoms with Gasteiger partial charge in [-0.15, -0.1) is 0 Å². The van der Waals surface area contributed by atoms with Crippen molar-refractivity contribution in [3.63, 3.8) is 0 Å². The molecule has 1 aromatic carbocycles. The van der Waals surface area contributed by atoms with Crippen LogP contribution in [0, 0.1) is 0 Å². The molecule has 1 unspecified atom stereocenters. The quantitative estimate of drug-likeness (QED) is 0.861. The third-order valence-corrected chi connectivity index (χ3v) is 2.56. The molecular weight excluding hydrogens is 261 g/mol. The van der Waals surface area contributed by atoms with Gasteiger partial charge in [-0.2, -0.15) is 13.2 Å². The van der Waals surface area contributed by atoms with Gasteiger partial charge in [-0.1, -0.05) is 13.3 Å². The van der Waals surface area contributed by atoms with E-state index in [1.54, 1.807) is 0 Å². The molecule has 106 valence electrons. The molecule has 1 N–H and O–H groups in total. The number of aliphatic carboxylic acids is 1. The van der Waals surface area contributed by atoms with E-state index in [2.05, 4.69) is 0 Å². The number of alkyl halides is 3. The van der Waals surface area contributed by atoms with Crippen molar-refractivity contribution < 1.29 is 27.8 Å². The molecule has 1 atom stereocenters. The van der Waals surface area contributed by atoms with Crippen LogP contribution in [-0.4, -0.2) is 17.2 Å². The van der Waals surface area contributed by atoms with Crippen LogP contribution in [0.4, 0.5) is 13.2 Å². The van der Waals surface area contributed by atoms with Crippen LogP contribution in [0.1, 0.15) is 31.7 Å². The Balaban J connectivity index is 2.72. The Morgan fingerprint density at radius 2 is 1.89 bits per heavy atom. The molecule has 0 spiro atoms. The lowest BCUT2D eigenvalue weighted by atomic mass is 10.1. The Hall–Kier alpha value is -1.72. The molecule has 0 heterocycles. The zero-order chi connectivity index (χ0) is 14.5. The minimum Gasteiger partial charge on any atom is -0.479 e. The largest absolute Gasteiger partial charge is 0.479 e. The van der Waals surface area contributed by atoms with Gasteiger partial charge in [-0.05, 0) is 37.1 Å². The molecule has 0 amide bonds. The van der Waals surface area contributed by atoms with Crippen LogP contribution >= 0.6 is 0 Å². The number of unbranched alkanes of at least 4 members (excludes halogenated alkanes) is 1. The van der Waals surface area contributed by atoms with Crippen molar-refractivity contribution in [3.8, 4) is 5.75 Å². The third kappa shape index (κ3) is 4.81. The Morgan fingerprint density at radius 1 is 1.32 bits per heavy atom. The molecule has 0 radical (unpaired) electrons. The molecule has 6 heteroatoms. The van der Waals surface area contributed by atoms with Crippen molar-refractivity contribution in [3.05, 3.63) is 29.8 Å². The zero-order valence-corrected chi connectivity index (χ0v) is 10.4. The van der Waals surface area contributed by atoms with E-state index < -0.39 is 23.8 Å². The number of benzene rings is 1. The molecule has 0 bridgehead atoms. The first-order chi connectivity index (χ1) is 8.84. The number of halogens is 3. The zero-order valence-electron chi connectivity index (χ0n) is 10.4. The number of carboxylic acids is 1. The van der Waals surface area contributed by atoms with Crippen molar-refractivity contribution >= 4 is 5.97 Å². The van der Waals surface area contributed by atoms with Crippen LogP contribution in [-0.2, 0) is 11.0 Å². The molecule has 19 heavy (non-hydrogen) atoms. The predicted octanol–water partition coefficient (Wildman–Crippen LogP) is 3.73. The van der Waals surface area contributed by atoms with Gasteiger partial charge >= 0.3 is 12.1 Å². The summed E-state index contributed by atoms with van der Waals surface area (Å²) in [5.41, 5.74) is -0.791. The van der Waals surface area contributed by atoms with E-state index in [0.29, 0.717) is 12.8 Å². The summed E-state index contributed by atoms with van der Waals surface area (Å²) in [5, 5.41) is 8.94. The topological polar surface area (TPSA) is 46.5 Å². The monoisotopic (exact) mass is 276 g/mol. The first kappa shape index (κ1) is 15.3. The van der Waals surface area contributed by atoms with Crippen molar-refractivity contribution in [2.24, 2.45) is 0 Å². The highest BCUT2D eigenvalue weighted by atomic mass is 19.4. The molecule has 0 aliphatic rings. The van der Waals surface area contributed by atoms with E-state index in [0.717, 1.165) is 30.7 Å². The normalized spacial score (nSPS) is 13.1. The van der Waals surface area contributed by atoms with Gasteiger partial charge < -0.3 is 9.84 Å². The number of carbonyl (C=O) groups is 1. The summed E-state index contributed by atoms with van der Waals surface area (Å²) < 4.78 is 42.2. The number of hydrogen-bond acceptors (Lipinski definition) is 2. The van der Waals surface area contributed by atoms with E-state index in [-0.39, 0.29) is 5.75 Å². The summed E-state index contributed by atoms with van der Waals surface area (Å²) in [7, 11) is 0. The van der Waals surface area contributed by atoms with Crippen molar-refractivity contribution in [2.45, 2.75) is 38.5 Å². The summed E-state index contributed by atoms with van der Waals surface area (Å²) in [6.45, 7) is 1.91. The van der Waals surface area contributed by atoms with Crippen LogP contribution in [0.2, 0.25) is 0 Å². The highest BCUT2D eigenvalue weighted by Crippen LogP contribution is 2.30. The fourth-order valence-corrected chi connectivity index (χ4v) is 1.51. The van der Waals surface area contributed by atoms with E-state index >= 15 is 0 Å². The van der Waals surface area contributed by atoms with Crippen LogP contribution in [0.25, 0.3) is 0 Å². The summed E-state index contributed by atoms with van der Waals surface area (Å²) >= 11 is 0. The first-order valence-corrected chi connectivity index (χ1v) is 5.91. The molecule has 1 aromatic rings. The lowest BCUT2D eigenvalue weighted by Crippen LogP contribution is -2.26. The molecule has 1 rings (SSSR count). The second-order valence-electron chi connectivity index (χ2n) is 4.11. The molecule has 0 aromatic heterocycles. The SMILES string of the molecule is CCCCC(Oc1ccc(C(F)(F)F)cc1)C(=O)O. The van der Waals surface area contributed by atoms with E-state index in [4.69, 9.17) is 9.84 Å². The fourth-order valence-electron chi connectivity index (χ4n) is 1.51. The van der Waals surface area contributed by atoms with Crippen molar-refractivity contribution in [1.29, 1.82) is 0 Å². The standard InChI is InChI=1S/C13H15F3O3/c1-2-3-4-11(12(17)18)19-10-7-5-9(6-8-10)13(14,15)16/h5-8,11H,2-4H2,1H3,(H,17,18). The highest BCUT2D eigenvalue weighted by Gasteiger charge is 2.30. The summed E-state index contributed by atoms with van der Waals surface area (Å²) in [4.78, 5) is 10.9. The van der Waals surface area contributed by atoms with Gasteiger partial charge in [0.2, 0.25) is 0 Å². The maximum absolute atomic E-state index is 12.3. The molecule has 0 aliphatic carbocycles. The minimum atomic E-state index is -4.41. The van der Waals surface area contributed by atoms with Crippen LogP contribution in [0.5, 0.6) is 5.75 Å². The van der Waals surface area contributed by atoms with Gasteiger partial charge in [-0.25, -0.2) is 4.79 Å². The average Bonchev–Trinajstić information content (AvgIpc) is 2.33. The Labute approximate surface area is 109 Å². The molecule has 0 saturated heterocycles. The lowest BCUT2D eigenvalue weighted by Gasteiger charge is -2.15. The molecule has 3 nitrogen and oxygen atoms in total. The first-order valence-electron chi connectivity index (χ1n) is 5.91. The lowest BCUT2D eigenvalue weighted by molar-refractivity contribution is -0.145. The van der Waals surface area contributed by atoms with Crippen molar-refractivity contribution in [1.82, 2.24) is 0 Å². The van der Waals surface area contributed by atoms with E-state index in [9.17, 15) is 18.0 Å². The van der Waals surface area contributed by atoms with Gasteiger partial charge in [0.15, 0.2) is 6.10 Å². The van der Waals surface area contributed by atoms with Gasteiger partial charge in [0.1, 0.15) is 5.75 Å². The minimum absolute atomic E-state index is 0.122. The summed E-state index contributed by atoms with van der Waals surface area (Å²) in [5.74, 6) is -0.996. The number of carboxylic acid groups (broad SMARTS) is 1. The molecule has 0 fully saturated rings. The number of ether oxygens (including phenoxy) is 1. The van der Waals surface area contributed by atoms with E-state index in [1.807, 2.05) is 6.92 Å². The molecular formula is C13H15F3O3. The van der Waals surface area contributed by atoms with Crippen LogP contribution in [0.3, 0.4) is 0 Å². The second-order valence-corrected chi connectivity index (χ2v) is 4.11. The Bertz CT molecular complexity index is 412. The fraction of sp³-hybridized carbons (Fsp3) is 0.462. The summed E-state index contributed by atoms with van der Waals surface area (Å²) in [6.07, 6.45) is -3.62. The highest BCUT2D eigenvalue weighted by molar-refractivity contribution is 5.72. The summed E-state index contributed by atoms with van der Waals surface area (Å²) in [6, 6.07) is 4.00. The van der Waals surface area contributed by atoms with Crippen LogP contribution in [0.15, 0.2) is 24.3 Å². The van der Waals surface area contributed by atoms with E-state index in [1.165, 1.54) is 0 Å². The number of rotatable bonds is 6. The maximum Gasteiger partial charge on any atom is 0.416 e. The smallest absolute Gasteiger partial charge is 0.416 e. The van der Waals surface area contributed by atoms with Crippen LogP contribution < -0.4 is 4.74 Å². The maximum atomic E-state index is 12.3. The van der Waals surface area contributed by atoms with Gasteiger partial charge in [0, 0.05) is 0 Å². The molecule has 0 saturated carbocycles. The number of hydrogen-bond donors (Lipinski definition) is 1. The average molecular weight is 276 g/mol. The van der Waals surface area contributed by atoms with Gasteiger partial charge in [0.05, 0.1) is 5.56 Å². The third-order valence-electron chi connectivity index (χ3n) is 2.56.